The number of hydrogen-bond acceptors (Lipinski definition) is 5. The van der Waals surface area contributed by atoms with Crippen molar-refractivity contribution in [3.63, 3.8) is 0 Å². The number of ether oxygens (including phenoxy) is 2. The van der Waals surface area contributed by atoms with Crippen molar-refractivity contribution in [3.8, 4) is 0 Å². The Morgan fingerprint density at radius 3 is 2.94 bits per heavy atom. The Morgan fingerprint density at radius 1 is 1.50 bits per heavy atom. The fourth-order valence-electron chi connectivity index (χ4n) is 2.33. The Labute approximate surface area is 90.3 Å². The number of amides is 1. The van der Waals surface area contributed by atoms with Crippen LogP contribution in [0.15, 0.2) is 24.0 Å². The van der Waals surface area contributed by atoms with E-state index in [1.807, 2.05) is 0 Å². The third-order valence-electron chi connectivity index (χ3n) is 3.18. The minimum absolute atomic E-state index is 0.0686. The summed E-state index contributed by atoms with van der Waals surface area (Å²) in [5, 5.41) is 10.1. The van der Waals surface area contributed by atoms with Crippen molar-refractivity contribution in [2.75, 3.05) is 0 Å². The van der Waals surface area contributed by atoms with Gasteiger partial charge in [-0.25, -0.2) is 4.79 Å². The molecule has 6 nitrogen and oxygen atoms in total. The number of hydrogen-bond donors (Lipinski definition) is 2. The van der Waals surface area contributed by atoms with Crippen LogP contribution < -0.4 is 5.73 Å². The van der Waals surface area contributed by atoms with Crippen LogP contribution in [0.5, 0.6) is 0 Å². The third-order valence-corrected chi connectivity index (χ3v) is 3.18. The van der Waals surface area contributed by atoms with Gasteiger partial charge in [0, 0.05) is 5.92 Å². The predicted octanol–water partition coefficient (Wildman–Crippen LogP) is -1.20. The summed E-state index contributed by atoms with van der Waals surface area (Å²) in [5.74, 6) is -2.36. The van der Waals surface area contributed by atoms with Crippen LogP contribution in [0, 0.1) is 11.8 Å². The molecule has 0 unspecified atom stereocenters. The maximum absolute atomic E-state index is 11.5. The van der Waals surface area contributed by atoms with Gasteiger partial charge in [0.1, 0.15) is 0 Å². The minimum Gasteiger partial charge on any atom is -0.449 e. The van der Waals surface area contributed by atoms with Gasteiger partial charge in [0.15, 0.2) is 11.4 Å². The van der Waals surface area contributed by atoms with Gasteiger partial charge in [-0.15, -0.1) is 0 Å². The first-order chi connectivity index (χ1) is 7.52. The fraction of sp³-hybridized carbons (Fsp3) is 0.400. The summed E-state index contributed by atoms with van der Waals surface area (Å²) in [6, 6.07) is 0. The van der Waals surface area contributed by atoms with Crippen LogP contribution in [0.2, 0.25) is 0 Å². The van der Waals surface area contributed by atoms with Crippen molar-refractivity contribution in [1.82, 2.24) is 0 Å². The van der Waals surface area contributed by atoms with Crippen molar-refractivity contribution in [1.29, 1.82) is 0 Å². The van der Waals surface area contributed by atoms with Gasteiger partial charge in [0.05, 0.1) is 5.92 Å². The Morgan fingerprint density at radius 2 is 2.25 bits per heavy atom. The van der Waals surface area contributed by atoms with Gasteiger partial charge in [-0.3, -0.25) is 4.79 Å². The molecule has 0 spiro atoms. The Kier molecular flexibility index (Phi) is 1.56. The fourth-order valence-corrected chi connectivity index (χ4v) is 2.33. The summed E-state index contributed by atoms with van der Waals surface area (Å²) in [5.41, 5.74) is 3.40. The molecule has 1 amide bonds. The number of carbonyl (C=O) groups excluding carboxylic acids is 2. The van der Waals surface area contributed by atoms with Crippen molar-refractivity contribution < 1.29 is 24.2 Å². The summed E-state index contributed by atoms with van der Waals surface area (Å²) >= 11 is 0. The molecule has 4 atom stereocenters. The first-order valence-corrected chi connectivity index (χ1v) is 4.83. The highest BCUT2D eigenvalue weighted by molar-refractivity contribution is 5.91. The Hall–Kier alpha value is -1.82. The summed E-state index contributed by atoms with van der Waals surface area (Å²) in [6.45, 7) is 0. The number of carbonyl (C=O) groups is 2. The molecule has 16 heavy (non-hydrogen) atoms. The maximum atomic E-state index is 11.5. The van der Waals surface area contributed by atoms with E-state index in [0.29, 0.717) is 0 Å². The second-order valence-corrected chi connectivity index (χ2v) is 4.07. The van der Waals surface area contributed by atoms with Crippen LogP contribution in [0.3, 0.4) is 0 Å². The largest absolute Gasteiger partial charge is 0.449 e. The quantitative estimate of drug-likeness (QED) is 0.430. The predicted molar refractivity (Wildman–Crippen MR) is 49.3 cm³/mol. The monoisotopic (exact) mass is 223 g/mol. The molecule has 2 aliphatic heterocycles. The molecule has 4 bridgehead atoms. The number of aliphatic hydroxyl groups is 1. The van der Waals surface area contributed by atoms with Gasteiger partial charge in [-0.05, 0) is 12.2 Å². The van der Waals surface area contributed by atoms with E-state index in [4.69, 9.17) is 15.2 Å². The van der Waals surface area contributed by atoms with Gasteiger partial charge < -0.3 is 20.3 Å². The molecule has 0 aromatic rings. The number of esters is 1. The number of primary amides is 1. The van der Waals surface area contributed by atoms with Gasteiger partial charge >= 0.3 is 5.97 Å². The third kappa shape index (κ3) is 0.943. The van der Waals surface area contributed by atoms with Crippen molar-refractivity contribution in [2.24, 2.45) is 17.6 Å². The van der Waals surface area contributed by atoms with Crippen molar-refractivity contribution in [3.05, 3.63) is 24.0 Å². The van der Waals surface area contributed by atoms with E-state index in [9.17, 15) is 14.7 Å². The van der Waals surface area contributed by atoms with Crippen LogP contribution in [0.25, 0.3) is 0 Å². The molecule has 0 aromatic carbocycles. The topological polar surface area (TPSA) is 98.9 Å². The summed E-state index contributed by atoms with van der Waals surface area (Å²) in [4.78, 5) is 22.5. The standard InChI is InChI=1S/C10H9NO5/c11-7(12)6-3-5-4-1-2-10(5,14)9(13)16-8(4)15-6/h1-5,8,14H,(H2,11,12)/t4-,5-,8+,10-/m1/s1. The van der Waals surface area contributed by atoms with E-state index in [2.05, 4.69) is 0 Å². The molecule has 3 N–H and O–H groups in total. The van der Waals surface area contributed by atoms with Crippen LogP contribution in [-0.4, -0.2) is 28.9 Å². The molecule has 2 heterocycles. The molecule has 3 rings (SSSR count). The first kappa shape index (κ1) is 9.41. The van der Waals surface area contributed by atoms with Gasteiger partial charge in [-0.1, -0.05) is 6.08 Å². The molecular formula is C10H9NO5. The molecule has 1 aliphatic carbocycles. The van der Waals surface area contributed by atoms with Crippen LogP contribution in [0.1, 0.15) is 0 Å². The second kappa shape index (κ2) is 2.65. The zero-order valence-electron chi connectivity index (χ0n) is 8.12. The molecule has 3 aliphatic rings. The zero-order chi connectivity index (χ0) is 11.5. The van der Waals surface area contributed by atoms with E-state index < -0.39 is 29.7 Å². The highest BCUT2D eigenvalue weighted by atomic mass is 16.7. The minimum atomic E-state index is -1.69. The number of rotatable bonds is 1. The molecule has 6 heteroatoms. The van der Waals surface area contributed by atoms with Crippen LogP contribution in [0.4, 0.5) is 0 Å². The first-order valence-electron chi connectivity index (χ1n) is 4.83. The van der Waals surface area contributed by atoms with E-state index >= 15 is 0 Å². The highest BCUT2D eigenvalue weighted by Crippen LogP contribution is 2.47. The van der Waals surface area contributed by atoms with E-state index in [1.165, 1.54) is 12.2 Å². The summed E-state index contributed by atoms with van der Waals surface area (Å²) < 4.78 is 10.1. The lowest BCUT2D eigenvalue weighted by molar-refractivity contribution is -0.224. The van der Waals surface area contributed by atoms with Crippen molar-refractivity contribution >= 4 is 11.9 Å². The molecule has 1 saturated heterocycles. The van der Waals surface area contributed by atoms with Gasteiger partial charge in [0.25, 0.3) is 12.2 Å². The van der Waals surface area contributed by atoms with Crippen LogP contribution in [-0.2, 0) is 19.1 Å². The van der Waals surface area contributed by atoms with E-state index in [-0.39, 0.29) is 11.7 Å². The summed E-state index contributed by atoms with van der Waals surface area (Å²) in [6.07, 6.45) is 3.57. The lowest BCUT2D eigenvalue weighted by Crippen LogP contribution is -2.55. The molecular weight excluding hydrogens is 214 g/mol. The Bertz CT molecular complexity index is 454. The molecule has 84 valence electrons. The second-order valence-electron chi connectivity index (χ2n) is 4.07. The van der Waals surface area contributed by atoms with E-state index in [0.717, 1.165) is 0 Å². The summed E-state index contributed by atoms with van der Waals surface area (Å²) in [7, 11) is 0. The van der Waals surface area contributed by atoms with Gasteiger partial charge in [-0.2, -0.15) is 0 Å². The maximum Gasteiger partial charge on any atom is 0.345 e. The van der Waals surface area contributed by atoms with E-state index in [1.54, 1.807) is 6.08 Å². The van der Waals surface area contributed by atoms with Crippen molar-refractivity contribution in [2.45, 2.75) is 11.9 Å². The lowest BCUT2D eigenvalue weighted by Gasteiger charge is -2.41. The average Bonchev–Trinajstić information content (AvgIpc) is 2.50. The molecule has 0 radical (unpaired) electrons. The smallest absolute Gasteiger partial charge is 0.345 e. The molecule has 0 saturated carbocycles. The Balaban J connectivity index is 2.09. The lowest BCUT2D eigenvalue weighted by atomic mass is 9.80. The zero-order valence-corrected chi connectivity index (χ0v) is 8.12. The molecule has 0 aromatic heterocycles. The number of nitrogens with two attached hydrogens (primary N) is 1. The normalized spacial score (nSPS) is 43.4. The highest BCUT2D eigenvalue weighted by Gasteiger charge is 2.59. The van der Waals surface area contributed by atoms with Crippen LogP contribution >= 0.6 is 0 Å². The van der Waals surface area contributed by atoms with Gasteiger partial charge in [0.2, 0.25) is 0 Å². The average molecular weight is 223 g/mol. The SMILES string of the molecule is NC(=O)C1=C[C@@H]2[C@H]3C=C[C@]2(O)C(=O)O[C@@H]3O1. The molecule has 1 fully saturated rings.